The van der Waals surface area contributed by atoms with Crippen molar-refractivity contribution >= 4 is 16.9 Å². The summed E-state index contributed by atoms with van der Waals surface area (Å²) in [4.78, 5) is 15.3. The number of aliphatic carboxylic acids is 1. The van der Waals surface area contributed by atoms with Gasteiger partial charge in [0.2, 0.25) is 0 Å². The number of carboxylic acid groups (broad SMARTS) is 1. The topological polar surface area (TPSA) is 59.4 Å². The number of hydrogen-bond acceptors (Lipinski definition) is 3. The van der Waals surface area contributed by atoms with Crippen molar-refractivity contribution < 1.29 is 14.6 Å². The van der Waals surface area contributed by atoms with Gasteiger partial charge in [-0.15, -0.1) is 0 Å². The average Bonchev–Trinajstić information content (AvgIpc) is 2.38. The van der Waals surface area contributed by atoms with Gasteiger partial charge in [0.05, 0.1) is 23.7 Å². The number of fused-ring (bicyclic) bond motifs is 1. The van der Waals surface area contributed by atoms with E-state index in [0.29, 0.717) is 18.8 Å². The largest absolute Gasteiger partial charge is 0.492 e. The van der Waals surface area contributed by atoms with Crippen LogP contribution >= 0.6 is 0 Å². The predicted octanol–water partition coefficient (Wildman–Crippen LogP) is 3.11. The molecular weight excluding hydrogens is 242 g/mol. The van der Waals surface area contributed by atoms with E-state index in [1.165, 1.54) is 0 Å². The second-order valence-corrected chi connectivity index (χ2v) is 5.15. The number of nitrogens with zero attached hydrogens (tertiary/aromatic N) is 1. The van der Waals surface area contributed by atoms with Crippen molar-refractivity contribution in [3.63, 3.8) is 0 Å². The molecule has 1 N–H and O–H groups in total. The summed E-state index contributed by atoms with van der Waals surface area (Å²) in [5.74, 6) is -0.146. The minimum Gasteiger partial charge on any atom is -0.492 e. The molecule has 0 spiro atoms. The Hall–Kier alpha value is -2.10. The van der Waals surface area contributed by atoms with E-state index in [0.717, 1.165) is 10.9 Å². The van der Waals surface area contributed by atoms with Crippen molar-refractivity contribution in [1.82, 2.24) is 4.98 Å². The number of carboxylic acids is 1. The molecule has 100 valence electrons. The van der Waals surface area contributed by atoms with Crippen molar-refractivity contribution in [3.8, 4) is 5.75 Å². The number of pyridine rings is 1. The number of ether oxygens (including phenoxy) is 1. The highest BCUT2D eigenvalue weighted by Crippen LogP contribution is 2.22. The minimum absolute atomic E-state index is 0.360. The van der Waals surface area contributed by atoms with Gasteiger partial charge in [0.15, 0.2) is 0 Å². The molecule has 4 heteroatoms. The maximum Gasteiger partial charge on any atom is 0.309 e. The summed E-state index contributed by atoms with van der Waals surface area (Å²) in [5, 5.41) is 10.0. The third kappa shape index (κ3) is 3.22. The smallest absolute Gasteiger partial charge is 0.309 e. The Bertz CT molecular complexity index is 593. The molecule has 0 aliphatic carbocycles. The zero-order chi connectivity index (χ0) is 13.9. The monoisotopic (exact) mass is 259 g/mol. The Balaban J connectivity index is 2.00. The van der Waals surface area contributed by atoms with E-state index in [1.807, 2.05) is 30.3 Å². The van der Waals surface area contributed by atoms with Gasteiger partial charge in [-0.3, -0.25) is 9.78 Å². The first-order valence-corrected chi connectivity index (χ1v) is 6.20. The van der Waals surface area contributed by atoms with E-state index >= 15 is 0 Å². The Kier molecular flexibility index (Phi) is 3.69. The quantitative estimate of drug-likeness (QED) is 0.896. The summed E-state index contributed by atoms with van der Waals surface area (Å²) in [6.07, 6.45) is 2.12. The molecule has 0 amide bonds. The fourth-order valence-corrected chi connectivity index (χ4v) is 1.66. The second kappa shape index (κ2) is 5.26. The Morgan fingerprint density at radius 2 is 2.11 bits per heavy atom. The van der Waals surface area contributed by atoms with Crippen LogP contribution in [0.4, 0.5) is 0 Å². The molecule has 0 atom stereocenters. The first-order valence-electron chi connectivity index (χ1n) is 6.20. The molecule has 0 saturated heterocycles. The van der Waals surface area contributed by atoms with E-state index < -0.39 is 11.4 Å². The summed E-state index contributed by atoms with van der Waals surface area (Å²) in [6, 6.07) is 9.70. The summed E-state index contributed by atoms with van der Waals surface area (Å²) in [6.45, 7) is 3.74. The maximum absolute atomic E-state index is 11.0. The zero-order valence-corrected chi connectivity index (χ0v) is 11.1. The van der Waals surface area contributed by atoms with E-state index in [2.05, 4.69) is 4.98 Å². The fraction of sp³-hybridized carbons (Fsp3) is 0.333. The summed E-state index contributed by atoms with van der Waals surface area (Å²) in [5.41, 5.74) is 0.144. The van der Waals surface area contributed by atoms with Crippen LogP contribution < -0.4 is 4.74 Å². The third-order valence-corrected chi connectivity index (χ3v) is 3.14. The fourth-order valence-electron chi connectivity index (χ4n) is 1.66. The lowest BCUT2D eigenvalue weighted by Crippen LogP contribution is -2.25. The van der Waals surface area contributed by atoms with Gasteiger partial charge < -0.3 is 9.84 Å². The molecule has 1 aromatic carbocycles. The van der Waals surface area contributed by atoms with Crippen LogP contribution in [-0.2, 0) is 4.79 Å². The lowest BCUT2D eigenvalue weighted by Gasteiger charge is -2.18. The van der Waals surface area contributed by atoms with E-state index in [9.17, 15) is 4.79 Å². The molecule has 0 aliphatic heterocycles. The summed E-state index contributed by atoms with van der Waals surface area (Å²) < 4.78 is 5.57. The molecule has 0 bridgehead atoms. The number of aromatic nitrogens is 1. The molecule has 2 rings (SSSR count). The van der Waals surface area contributed by atoms with Crippen molar-refractivity contribution in [2.24, 2.45) is 5.41 Å². The van der Waals surface area contributed by atoms with Crippen LogP contribution in [-0.4, -0.2) is 22.7 Å². The second-order valence-electron chi connectivity index (χ2n) is 5.15. The maximum atomic E-state index is 11.0. The van der Waals surface area contributed by atoms with Crippen molar-refractivity contribution in [2.45, 2.75) is 20.3 Å². The average molecular weight is 259 g/mol. The van der Waals surface area contributed by atoms with Gasteiger partial charge in [-0.2, -0.15) is 0 Å². The normalized spacial score (nSPS) is 11.5. The standard InChI is InChI=1S/C15H17NO3/c1-15(2,14(17)18)7-8-19-12-9-11-5-3-4-6-13(11)16-10-12/h3-6,9-10H,7-8H2,1-2H3,(H,17,18). The predicted molar refractivity (Wildman–Crippen MR) is 73.3 cm³/mol. The van der Waals surface area contributed by atoms with Crippen LogP contribution in [0.1, 0.15) is 20.3 Å². The Labute approximate surface area is 112 Å². The zero-order valence-electron chi connectivity index (χ0n) is 11.1. The van der Waals surface area contributed by atoms with Gasteiger partial charge in [-0.25, -0.2) is 0 Å². The van der Waals surface area contributed by atoms with Crippen LogP contribution in [0.25, 0.3) is 10.9 Å². The highest BCUT2D eigenvalue weighted by molar-refractivity contribution is 5.79. The van der Waals surface area contributed by atoms with Crippen molar-refractivity contribution in [1.29, 1.82) is 0 Å². The molecule has 4 nitrogen and oxygen atoms in total. The van der Waals surface area contributed by atoms with Gasteiger partial charge >= 0.3 is 5.97 Å². The molecule has 2 aromatic rings. The number of carbonyl (C=O) groups is 1. The third-order valence-electron chi connectivity index (χ3n) is 3.14. The first kappa shape index (κ1) is 13.3. The lowest BCUT2D eigenvalue weighted by atomic mass is 9.90. The number of rotatable bonds is 5. The van der Waals surface area contributed by atoms with Crippen LogP contribution in [0.3, 0.4) is 0 Å². The van der Waals surface area contributed by atoms with Crippen LogP contribution in [0.2, 0.25) is 0 Å². The number of para-hydroxylation sites is 1. The Morgan fingerprint density at radius 3 is 2.84 bits per heavy atom. The van der Waals surface area contributed by atoms with Crippen LogP contribution in [0.5, 0.6) is 5.75 Å². The molecule has 1 aromatic heterocycles. The van der Waals surface area contributed by atoms with E-state index in [4.69, 9.17) is 9.84 Å². The van der Waals surface area contributed by atoms with Crippen LogP contribution in [0, 0.1) is 5.41 Å². The Morgan fingerprint density at radius 1 is 1.37 bits per heavy atom. The van der Waals surface area contributed by atoms with Crippen molar-refractivity contribution in [2.75, 3.05) is 6.61 Å². The molecule has 0 unspecified atom stereocenters. The highest BCUT2D eigenvalue weighted by Gasteiger charge is 2.26. The van der Waals surface area contributed by atoms with Gasteiger partial charge in [0, 0.05) is 5.39 Å². The van der Waals surface area contributed by atoms with E-state index in [-0.39, 0.29) is 0 Å². The summed E-state index contributed by atoms with van der Waals surface area (Å²) in [7, 11) is 0. The summed E-state index contributed by atoms with van der Waals surface area (Å²) >= 11 is 0. The molecule has 19 heavy (non-hydrogen) atoms. The SMILES string of the molecule is CC(C)(CCOc1cnc2ccccc2c1)C(=O)O. The highest BCUT2D eigenvalue weighted by atomic mass is 16.5. The molecular formula is C15H17NO3. The number of hydrogen-bond donors (Lipinski definition) is 1. The van der Waals surface area contributed by atoms with Gasteiger partial charge in [0.1, 0.15) is 5.75 Å². The first-order chi connectivity index (χ1) is 8.99. The van der Waals surface area contributed by atoms with E-state index in [1.54, 1.807) is 20.0 Å². The number of benzene rings is 1. The molecule has 1 heterocycles. The van der Waals surface area contributed by atoms with Gasteiger partial charge in [-0.05, 0) is 32.4 Å². The van der Waals surface area contributed by atoms with Crippen molar-refractivity contribution in [3.05, 3.63) is 36.5 Å². The molecule has 0 radical (unpaired) electrons. The van der Waals surface area contributed by atoms with Crippen LogP contribution in [0.15, 0.2) is 36.5 Å². The van der Waals surface area contributed by atoms with Gasteiger partial charge in [0.25, 0.3) is 0 Å². The minimum atomic E-state index is -0.812. The van der Waals surface area contributed by atoms with Gasteiger partial charge in [-0.1, -0.05) is 18.2 Å². The molecule has 0 saturated carbocycles. The molecule has 0 aliphatic rings. The lowest BCUT2D eigenvalue weighted by molar-refractivity contribution is -0.147. The molecule has 0 fully saturated rings.